The van der Waals surface area contributed by atoms with Gasteiger partial charge in [-0.3, -0.25) is 9.59 Å². The molecule has 1 aliphatic carbocycles. The molecule has 1 amide bonds. The van der Waals surface area contributed by atoms with E-state index >= 15 is 0 Å². The molecule has 1 aromatic heterocycles. The molecule has 3 aromatic rings. The number of carbonyl (C=O) groups excluding carboxylic acids is 2. The smallest absolute Gasteiger partial charge is 0.320 e. The predicted molar refractivity (Wildman–Crippen MR) is 129 cm³/mol. The zero-order valence-electron chi connectivity index (χ0n) is 20.1. The van der Waals surface area contributed by atoms with E-state index in [1.807, 2.05) is 38.1 Å². The number of hydrogen-bond acceptors (Lipinski definition) is 7. The van der Waals surface area contributed by atoms with Crippen LogP contribution in [0.1, 0.15) is 61.7 Å². The number of ether oxygens (including phenoxy) is 1. The first-order valence-electron chi connectivity index (χ1n) is 12.0. The summed E-state index contributed by atoms with van der Waals surface area (Å²) < 4.78 is 36.8. The number of rotatable bonds is 8. The molecule has 190 valence electrons. The van der Waals surface area contributed by atoms with E-state index in [0.717, 1.165) is 37.8 Å². The van der Waals surface area contributed by atoms with Crippen molar-refractivity contribution in [1.82, 2.24) is 10.2 Å². The molecule has 1 saturated carbocycles. The Kier molecular flexibility index (Phi) is 7.92. The quantitative estimate of drug-likeness (QED) is 0.377. The normalized spacial score (nSPS) is 18.3. The number of carbonyl (C=O) groups is 2. The Morgan fingerprint density at radius 1 is 1.03 bits per heavy atom. The molecule has 8 nitrogen and oxygen atoms in total. The van der Waals surface area contributed by atoms with Crippen molar-refractivity contribution in [2.75, 3.05) is 17.2 Å². The molecule has 1 atom stereocenters. The number of anilines is 3. The van der Waals surface area contributed by atoms with Crippen LogP contribution in [0.4, 0.5) is 26.2 Å². The number of esters is 1. The maximum atomic E-state index is 13.3. The minimum Gasteiger partial charge on any atom is -0.466 e. The summed E-state index contributed by atoms with van der Waals surface area (Å²) in [7, 11) is 0. The number of benzene rings is 2. The highest BCUT2D eigenvalue weighted by Crippen LogP contribution is 2.39. The van der Waals surface area contributed by atoms with E-state index in [-0.39, 0.29) is 29.5 Å². The number of aromatic nitrogens is 2. The first-order valence-corrected chi connectivity index (χ1v) is 12.0. The molecule has 0 bridgehead atoms. The van der Waals surface area contributed by atoms with E-state index in [1.165, 1.54) is 11.6 Å². The minimum atomic E-state index is -1.03. The Hall–Kier alpha value is -3.82. The summed E-state index contributed by atoms with van der Waals surface area (Å²) in [5.74, 6) is -2.33. The molecule has 1 fully saturated rings. The summed E-state index contributed by atoms with van der Waals surface area (Å²) in [5.41, 5.74) is 1.96. The fraction of sp³-hybridized carbons (Fsp3) is 0.385. The first kappa shape index (κ1) is 25.3. The Bertz CT molecular complexity index is 1210. The van der Waals surface area contributed by atoms with Crippen molar-refractivity contribution < 1.29 is 27.5 Å². The molecule has 0 aliphatic heterocycles. The zero-order chi connectivity index (χ0) is 25.7. The second-order valence-corrected chi connectivity index (χ2v) is 8.89. The summed E-state index contributed by atoms with van der Waals surface area (Å²) in [5, 5.41) is 12.7. The molecular formula is C26H28F2N4O4. The van der Waals surface area contributed by atoms with Gasteiger partial charge in [0.1, 0.15) is 0 Å². The molecule has 0 spiro atoms. The molecule has 2 aromatic carbocycles. The fourth-order valence-electron chi connectivity index (χ4n) is 4.50. The third-order valence-corrected chi connectivity index (χ3v) is 6.57. The average Bonchev–Trinajstić information content (AvgIpc) is 3.35. The van der Waals surface area contributed by atoms with Crippen molar-refractivity contribution in [3.63, 3.8) is 0 Å². The lowest BCUT2D eigenvalue weighted by atomic mass is 9.74. The topological polar surface area (TPSA) is 106 Å². The Labute approximate surface area is 207 Å². The third kappa shape index (κ3) is 6.05. The van der Waals surface area contributed by atoms with Gasteiger partial charge in [-0.15, -0.1) is 5.10 Å². The van der Waals surface area contributed by atoms with Crippen LogP contribution >= 0.6 is 0 Å². The van der Waals surface area contributed by atoms with E-state index in [4.69, 9.17) is 9.15 Å². The van der Waals surface area contributed by atoms with Gasteiger partial charge in [0.2, 0.25) is 0 Å². The summed E-state index contributed by atoms with van der Waals surface area (Å²) in [6.45, 7) is 4.18. The highest BCUT2D eigenvalue weighted by molar-refractivity contribution is 6.00. The van der Waals surface area contributed by atoms with Crippen molar-refractivity contribution in [3.05, 3.63) is 65.6 Å². The predicted octanol–water partition coefficient (Wildman–Crippen LogP) is 5.82. The van der Waals surface area contributed by atoms with E-state index in [9.17, 15) is 18.4 Å². The first-order chi connectivity index (χ1) is 17.3. The molecular weight excluding hydrogens is 470 g/mol. The Morgan fingerprint density at radius 2 is 1.72 bits per heavy atom. The van der Waals surface area contributed by atoms with Crippen LogP contribution in [0.5, 0.6) is 0 Å². The van der Waals surface area contributed by atoms with Gasteiger partial charge in [0.05, 0.1) is 12.5 Å². The van der Waals surface area contributed by atoms with Crippen LogP contribution in [-0.2, 0) is 9.53 Å². The van der Waals surface area contributed by atoms with Gasteiger partial charge >= 0.3 is 23.8 Å². The zero-order valence-corrected chi connectivity index (χ0v) is 20.1. The lowest BCUT2D eigenvalue weighted by Crippen LogP contribution is -2.26. The number of nitrogens with zero attached hydrogens (tertiary/aromatic N) is 2. The number of halogens is 2. The van der Waals surface area contributed by atoms with Crippen LogP contribution in [0.25, 0.3) is 0 Å². The molecule has 2 N–H and O–H groups in total. The standard InChI is InChI=1S/C26H28F2N4O4/c1-3-35-25(34)15(2)16-4-6-17(7-5-16)18-8-10-19(11-9-18)29-23(33)24-31-32-26(36-24)30-20-12-13-21(27)22(28)14-20/h8-17H,3-7H2,1-2H3,(H,29,33)(H,30,32). The number of hydrogen-bond donors (Lipinski definition) is 2. The van der Waals surface area contributed by atoms with E-state index in [0.29, 0.717) is 24.1 Å². The summed E-state index contributed by atoms with van der Waals surface area (Å²) in [4.78, 5) is 24.5. The average molecular weight is 499 g/mol. The van der Waals surface area contributed by atoms with Crippen LogP contribution in [0, 0.1) is 23.5 Å². The monoisotopic (exact) mass is 498 g/mol. The molecule has 1 heterocycles. The van der Waals surface area contributed by atoms with Crippen LogP contribution < -0.4 is 10.6 Å². The fourth-order valence-corrected chi connectivity index (χ4v) is 4.50. The molecule has 0 saturated heterocycles. The van der Waals surface area contributed by atoms with Crippen molar-refractivity contribution in [3.8, 4) is 0 Å². The second-order valence-electron chi connectivity index (χ2n) is 8.89. The van der Waals surface area contributed by atoms with Gasteiger partial charge in [-0.25, -0.2) is 8.78 Å². The number of nitrogens with one attached hydrogen (secondary N) is 2. The van der Waals surface area contributed by atoms with Gasteiger partial charge in [0.15, 0.2) is 11.6 Å². The highest BCUT2D eigenvalue weighted by atomic mass is 19.2. The second kappa shape index (κ2) is 11.3. The van der Waals surface area contributed by atoms with Gasteiger partial charge in [-0.2, -0.15) is 0 Å². The Balaban J connectivity index is 1.29. The molecule has 0 radical (unpaired) electrons. The summed E-state index contributed by atoms with van der Waals surface area (Å²) >= 11 is 0. The molecule has 1 unspecified atom stereocenters. The van der Waals surface area contributed by atoms with E-state index in [1.54, 1.807) is 0 Å². The molecule has 10 heteroatoms. The SMILES string of the molecule is CCOC(=O)C(C)C1CCC(c2ccc(NC(=O)c3nnc(Nc4ccc(F)c(F)c4)o3)cc2)CC1. The van der Waals surface area contributed by atoms with Crippen molar-refractivity contribution >= 4 is 29.3 Å². The van der Waals surface area contributed by atoms with Gasteiger partial charge in [-0.1, -0.05) is 24.2 Å². The van der Waals surface area contributed by atoms with Gasteiger partial charge in [0.25, 0.3) is 0 Å². The summed E-state index contributed by atoms with van der Waals surface area (Å²) in [6.07, 6.45) is 3.94. The lowest BCUT2D eigenvalue weighted by molar-refractivity contribution is -0.149. The Morgan fingerprint density at radius 3 is 2.39 bits per heavy atom. The van der Waals surface area contributed by atoms with Crippen molar-refractivity contribution in [2.24, 2.45) is 11.8 Å². The van der Waals surface area contributed by atoms with E-state index in [2.05, 4.69) is 20.8 Å². The van der Waals surface area contributed by atoms with Crippen LogP contribution in [0.3, 0.4) is 0 Å². The highest BCUT2D eigenvalue weighted by Gasteiger charge is 2.30. The van der Waals surface area contributed by atoms with Gasteiger partial charge in [0, 0.05) is 17.4 Å². The molecule has 36 heavy (non-hydrogen) atoms. The largest absolute Gasteiger partial charge is 0.466 e. The third-order valence-electron chi connectivity index (χ3n) is 6.57. The minimum absolute atomic E-state index is 0.0826. The van der Waals surface area contributed by atoms with Crippen LogP contribution in [-0.4, -0.2) is 28.7 Å². The van der Waals surface area contributed by atoms with Gasteiger partial charge < -0.3 is 19.8 Å². The molecule has 1 aliphatic rings. The maximum Gasteiger partial charge on any atom is 0.320 e. The summed E-state index contributed by atoms with van der Waals surface area (Å²) in [6, 6.07) is 10.7. The lowest BCUT2D eigenvalue weighted by Gasteiger charge is -2.31. The van der Waals surface area contributed by atoms with Crippen molar-refractivity contribution in [1.29, 1.82) is 0 Å². The van der Waals surface area contributed by atoms with Crippen LogP contribution in [0.15, 0.2) is 46.9 Å². The van der Waals surface area contributed by atoms with Crippen LogP contribution in [0.2, 0.25) is 0 Å². The number of amides is 1. The van der Waals surface area contributed by atoms with Gasteiger partial charge in [-0.05, 0) is 74.3 Å². The van der Waals surface area contributed by atoms with E-state index < -0.39 is 17.5 Å². The maximum absolute atomic E-state index is 13.3. The van der Waals surface area contributed by atoms with Crippen molar-refractivity contribution in [2.45, 2.75) is 45.4 Å². The molecule has 4 rings (SSSR count).